The second kappa shape index (κ2) is 11.0. The summed E-state index contributed by atoms with van der Waals surface area (Å²) in [5.41, 5.74) is 7.60. The molecule has 38 heavy (non-hydrogen) atoms. The Bertz CT molecular complexity index is 1330. The molecule has 0 amide bonds. The highest BCUT2D eigenvalue weighted by molar-refractivity contribution is 7.91. The summed E-state index contributed by atoms with van der Waals surface area (Å²) in [5.74, 6) is -0.263. The van der Waals surface area contributed by atoms with Crippen LogP contribution in [-0.4, -0.2) is 88.7 Å². The van der Waals surface area contributed by atoms with Crippen molar-refractivity contribution in [3.8, 4) is 0 Å². The minimum atomic E-state index is -3.63. The first-order valence-electron chi connectivity index (χ1n) is 12.8. The fraction of sp³-hybridized carbons (Fsp3) is 0.520. The van der Waals surface area contributed by atoms with E-state index in [1.54, 1.807) is 18.5 Å². The van der Waals surface area contributed by atoms with E-state index in [9.17, 15) is 17.9 Å². The fourth-order valence-electron chi connectivity index (χ4n) is 5.01. The van der Waals surface area contributed by atoms with Gasteiger partial charge in [0, 0.05) is 57.5 Å². The second-order valence-electron chi connectivity index (χ2n) is 10.2. The number of nitrogens with zero attached hydrogens (tertiary/aromatic N) is 6. The number of aliphatic hydroxyl groups is 1. The minimum Gasteiger partial charge on any atom is -0.394 e. The third-order valence-electron chi connectivity index (χ3n) is 7.64. The summed E-state index contributed by atoms with van der Waals surface area (Å²) in [6.45, 7) is 5.92. The zero-order chi connectivity index (χ0) is 26.9. The molecule has 3 aromatic rings. The summed E-state index contributed by atoms with van der Waals surface area (Å²) in [6, 6.07) is 6.49. The summed E-state index contributed by atoms with van der Waals surface area (Å²) < 4.78 is 43.9. The summed E-state index contributed by atoms with van der Waals surface area (Å²) in [6.07, 6.45) is 6.33. The summed E-state index contributed by atoms with van der Waals surface area (Å²) in [4.78, 5) is 13.0. The predicted octanol–water partition coefficient (Wildman–Crippen LogP) is 1.88. The van der Waals surface area contributed by atoms with Crippen molar-refractivity contribution in [2.24, 2.45) is 5.73 Å². The van der Waals surface area contributed by atoms with Crippen molar-refractivity contribution in [3.63, 3.8) is 0 Å². The standard InChI is InChI=1S/C25H34FN7O3S2/c1-19(20-2-4-21(26)5-3-20)33-18-28-14-22(33)16-30-10-12-32(13-11-30)38(35,36)23-15-29-24(37-23)31-8-6-25(27,17-34)7-9-31/h2-5,14-15,18-19,34H,6-13,16-17,27H2,1H3/t19-/m1/s1. The van der Waals surface area contributed by atoms with Crippen LogP contribution >= 0.6 is 11.3 Å². The Labute approximate surface area is 226 Å². The predicted molar refractivity (Wildman–Crippen MR) is 144 cm³/mol. The van der Waals surface area contributed by atoms with E-state index in [1.165, 1.54) is 34.0 Å². The van der Waals surface area contributed by atoms with Gasteiger partial charge in [-0.2, -0.15) is 4.31 Å². The number of anilines is 1. The molecule has 1 aromatic carbocycles. The topological polar surface area (TPSA) is 121 Å². The van der Waals surface area contributed by atoms with Crippen LogP contribution in [0.1, 0.15) is 37.1 Å². The van der Waals surface area contributed by atoms with Crippen LogP contribution in [-0.2, 0) is 16.6 Å². The Morgan fingerprint density at radius 3 is 2.45 bits per heavy atom. The average molecular weight is 564 g/mol. The van der Waals surface area contributed by atoms with E-state index in [0.29, 0.717) is 63.8 Å². The molecule has 0 radical (unpaired) electrons. The van der Waals surface area contributed by atoms with Crippen molar-refractivity contribution in [3.05, 3.63) is 60.1 Å². The van der Waals surface area contributed by atoms with E-state index in [-0.39, 0.29) is 22.7 Å². The van der Waals surface area contributed by atoms with Gasteiger partial charge in [0.25, 0.3) is 10.0 Å². The summed E-state index contributed by atoms with van der Waals surface area (Å²) >= 11 is 1.19. The molecule has 206 valence electrons. The maximum Gasteiger partial charge on any atom is 0.254 e. The molecule has 5 rings (SSSR count). The Morgan fingerprint density at radius 2 is 1.79 bits per heavy atom. The molecule has 0 spiro atoms. The molecule has 1 atom stereocenters. The number of piperazine rings is 1. The number of imidazole rings is 1. The molecule has 2 aliphatic rings. The van der Waals surface area contributed by atoms with Gasteiger partial charge in [-0.15, -0.1) is 0 Å². The molecule has 0 unspecified atom stereocenters. The van der Waals surface area contributed by atoms with Crippen molar-refractivity contribution >= 4 is 26.5 Å². The van der Waals surface area contributed by atoms with Gasteiger partial charge in [-0.25, -0.2) is 22.8 Å². The van der Waals surface area contributed by atoms with Gasteiger partial charge in [0.1, 0.15) is 5.82 Å². The third-order valence-corrected chi connectivity index (χ3v) is 11.0. The highest BCUT2D eigenvalue weighted by Gasteiger charge is 2.34. The average Bonchev–Trinajstić information content (AvgIpc) is 3.60. The Kier molecular flexibility index (Phi) is 7.85. The Morgan fingerprint density at radius 1 is 1.11 bits per heavy atom. The minimum absolute atomic E-state index is 0.0000982. The number of thiazole rings is 1. The maximum absolute atomic E-state index is 13.3. The fourth-order valence-corrected chi connectivity index (χ4v) is 7.75. The first kappa shape index (κ1) is 27.2. The third kappa shape index (κ3) is 5.63. The lowest BCUT2D eigenvalue weighted by Crippen LogP contribution is -2.52. The Balaban J connectivity index is 1.18. The van der Waals surface area contributed by atoms with Crippen LogP contribution in [0, 0.1) is 5.82 Å². The van der Waals surface area contributed by atoms with Crippen LogP contribution < -0.4 is 10.6 Å². The number of hydrogen-bond donors (Lipinski definition) is 2. The van der Waals surface area contributed by atoms with Gasteiger partial charge in [-0.3, -0.25) is 4.90 Å². The molecular weight excluding hydrogens is 529 g/mol. The number of sulfonamides is 1. The second-order valence-corrected chi connectivity index (χ2v) is 13.3. The lowest BCUT2D eigenvalue weighted by atomic mass is 9.90. The SMILES string of the molecule is C[C@H](c1ccc(F)cc1)n1cncc1CN1CCN(S(=O)(=O)c2cnc(N3CCC(N)(CO)CC3)s2)CC1. The number of benzene rings is 1. The van der Waals surface area contributed by atoms with Gasteiger partial charge in [0.05, 0.1) is 30.9 Å². The van der Waals surface area contributed by atoms with Crippen molar-refractivity contribution in [1.29, 1.82) is 0 Å². The quantitative estimate of drug-likeness (QED) is 0.426. The largest absolute Gasteiger partial charge is 0.394 e. The van der Waals surface area contributed by atoms with Gasteiger partial charge >= 0.3 is 0 Å². The molecule has 2 saturated heterocycles. The van der Waals surface area contributed by atoms with Crippen LogP contribution in [0.25, 0.3) is 0 Å². The van der Waals surface area contributed by atoms with E-state index in [0.717, 1.165) is 11.3 Å². The molecular formula is C25H34FN7O3S2. The molecule has 2 fully saturated rings. The summed E-state index contributed by atoms with van der Waals surface area (Å²) in [5, 5.41) is 10.2. The van der Waals surface area contributed by atoms with Crippen molar-refractivity contribution in [2.45, 2.75) is 42.1 Å². The van der Waals surface area contributed by atoms with Crippen molar-refractivity contribution in [2.75, 3.05) is 50.8 Å². The van der Waals surface area contributed by atoms with E-state index in [4.69, 9.17) is 5.73 Å². The summed E-state index contributed by atoms with van der Waals surface area (Å²) in [7, 11) is -3.63. The molecule has 10 nitrogen and oxygen atoms in total. The van der Waals surface area contributed by atoms with Crippen LogP contribution in [0.3, 0.4) is 0 Å². The normalized spacial score (nSPS) is 20.1. The lowest BCUT2D eigenvalue weighted by Gasteiger charge is -2.37. The van der Waals surface area contributed by atoms with Crippen LogP contribution in [0.4, 0.5) is 9.52 Å². The molecule has 4 heterocycles. The molecule has 2 aromatic heterocycles. The number of piperidine rings is 1. The molecule has 0 bridgehead atoms. The number of aromatic nitrogens is 3. The molecule has 13 heteroatoms. The first-order valence-corrected chi connectivity index (χ1v) is 15.0. The highest BCUT2D eigenvalue weighted by atomic mass is 32.2. The molecule has 2 aliphatic heterocycles. The monoisotopic (exact) mass is 563 g/mol. The van der Waals surface area contributed by atoms with E-state index < -0.39 is 15.6 Å². The molecule has 0 saturated carbocycles. The zero-order valence-electron chi connectivity index (χ0n) is 21.4. The smallest absolute Gasteiger partial charge is 0.254 e. The number of rotatable bonds is 8. The highest BCUT2D eigenvalue weighted by Crippen LogP contribution is 2.32. The van der Waals surface area contributed by atoms with Gasteiger partial charge < -0.3 is 20.3 Å². The van der Waals surface area contributed by atoms with Crippen molar-refractivity contribution < 1.29 is 17.9 Å². The van der Waals surface area contributed by atoms with E-state index in [1.807, 2.05) is 11.1 Å². The van der Waals surface area contributed by atoms with Crippen LogP contribution in [0.15, 0.2) is 47.2 Å². The zero-order valence-corrected chi connectivity index (χ0v) is 23.0. The number of halogens is 1. The van der Waals surface area contributed by atoms with Crippen LogP contribution in [0.2, 0.25) is 0 Å². The van der Waals surface area contributed by atoms with Gasteiger partial charge in [-0.05, 0) is 37.5 Å². The molecule has 3 N–H and O–H groups in total. The van der Waals surface area contributed by atoms with Gasteiger partial charge in [0.15, 0.2) is 9.34 Å². The van der Waals surface area contributed by atoms with E-state index >= 15 is 0 Å². The van der Waals surface area contributed by atoms with Crippen LogP contribution in [0.5, 0.6) is 0 Å². The maximum atomic E-state index is 13.3. The van der Waals surface area contributed by atoms with Gasteiger partial charge in [0.2, 0.25) is 0 Å². The number of nitrogens with two attached hydrogens (primary N) is 1. The Hall–Kier alpha value is -2.42. The van der Waals surface area contributed by atoms with E-state index in [2.05, 4.69) is 26.4 Å². The van der Waals surface area contributed by atoms with Crippen molar-refractivity contribution in [1.82, 2.24) is 23.7 Å². The number of aliphatic hydroxyl groups excluding tert-OH is 1. The lowest BCUT2D eigenvalue weighted by molar-refractivity contribution is 0.170. The molecule has 0 aliphatic carbocycles. The van der Waals surface area contributed by atoms with Gasteiger partial charge in [-0.1, -0.05) is 23.5 Å². The first-order chi connectivity index (χ1) is 18.2. The number of hydrogen-bond acceptors (Lipinski definition) is 9.